The third-order valence-corrected chi connectivity index (χ3v) is 6.81. The summed E-state index contributed by atoms with van der Waals surface area (Å²) >= 11 is 0. The van der Waals surface area contributed by atoms with Crippen molar-refractivity contribution in [2.45, 2.75) is 57.1 Å². The van der Waals surface area contributed by atoms with Gasteiger partial charge in [0.1, 0.15) is 23.0 Å². The van der Waals surface area contributed by atoms with Crippen LogP contribution in [0.2, 0.25) is 0 Å². The van der Waals surface area contributed by atoms with E-state index in [0.717, 1.165) is 12.3 Å². The molecule has 1 aromatic heterocycles. The Kier molecular flexibility index (Phi) is 3.88. The molecule has 0 radical (unpaired) electrons. The molecule has 4 unspecified atom stereocenters. The number of aryl methyl sites for hydroxylation is 1. The Morgan fingerprint density at radius 3 is 2.71 bits per heavy atom. The molecule has 2 aliphatic carbocycles. The second-order valence-corrected chi connectivity index (χ2v) is 8.22. The van der Waals surface area contributed by atoms with E-state index in [2.05, 4.69) is 4.72 Å². The Morgan fingerprint density at radius 1 is 1.43 bits per heavy atom. The Hall–Kier alpha value is -0.850. The lowest BCUT2D eigenvalue weighted by atomic mass is 9.84. The van der Waals surface area contributed by atoms with Crippen molar-refractivity contribution in [1.29, 1.82) is 0 Å². The monoisotopic (exact) mass is 313 g/mol. The number of fused-ring (bicyclic) bond motifs is 2. The first-order chi connectivity index (χ1) is 9.90. The lowest BCUT2D eigenvalue weighted by Crippen LogP contribution is -2.40. The third-order valence-electron chi connectivity index (χ3n) is 5.14. The molecule has 4 atom stereocenters. The lowest BCUT2D eigenvalue weighted by molar-refractivity contribution is 0.244. The van der Waals surface area contributed by atoms with Gasteiger partial charge in [0.25, 0.3) is 0 Å². The zero-order chi connectivity index (χ0) is 15.2. The van der Waals surface area contributed by atoms with Crippen molar-refractivity contribution in [3.8, 4) is 0 Å². The summed E-state index contributed by atoms with van der Waals surface area (Å²) in [5, 5.41) is 9.06. The van der Waals surface area contributed by atoms with Crippen molar-refractivity contribution in [3.05, 3.63) is 17.6 Å². The number of rotatable bonds is 5. The van der Waals surface area contributed by atoms with Gasteiger partial charge in [0.2, 0.25) is 10.0 Å². The van der Waals surface area contributed by atoms with Crippen molar-refractivity contribution >= 4 is 10.0 Å². The first kappa shape index (κ1) is 15.1. The molecule has 6 heteroatoms. The van der Waals surface area contributed by atoms with Gasteiger partial charge >= 0.3 is 0 Å². The fourth-order valence-corrected chi connectivity index (χ4v) is 5.67. The Labute approximate surface area is 125 Å². The van der Waals surface area contributed by atoms with E-state index < -0.39 is 10.0 Å². The van der Waals surface area contributed by atoms with E-state index in [4.69, 9.17) is 9.52 Å². The number of hydrogen-bond donors (Lipinski definition) is 2. The average Bonchev–Trinajstić information content (AvgIpc) is 3.12. The van der Waals surface area contributed by atoms with Crippen LogP contribution in [0.15, 0.2) is 15.4 Å². The number of sulfonamides is 1. The molecule has 2 fully saturated rings. The van der Waals surface area contributed by atoms with E-state index in [1.807, 2.05) is 6.92 Å². The number of nitrogens with one attached hydrogen (secondary N) is 1. The smallest absolute Gasteiger partial charge is 0.244 e. The van der Waals surface area contributed by atoms with Crippen LogP contribution in [0.3, 0.4) is 0 Å². The van der Waals surface area contributed by atoms with Gasteiger partial charge in [-0.05, 0) is 50.9 Å². The van der Waals surface area contributed by atoms with Crippen molar-refractivity contribution < 1.29 is 17.9 Å². The fourth-order valence-electron chi connectivity index (χ4n) is 4.17. The summed E-state index contributed by atoms with van der Waals surface area (Å²) < 4.78 is 33.1. The second-order valence-electron chi connectivity index (χ2n) is 6.54. The molecule has 5 nitrogen and oxygen atoms in total. The summed E-state index contributed by atoms with van der Waals surface area (Å²) in [6, 6.07) is 1.35. The molecule has 3 rings (SSSR count). The van der Waals surface area contributed by atoms with Crippen molar-refractivity contribution in [2.75, 3.05) is 0 Å². The van der Waals surface area contributed by atoms with Gasteiger partial charge in [0.05, 0.1) is 0 Å². The van der Waals surface area contributed by atoms with Gasteiger partial charge in [-0.25, -0.2) is 13.1 Å². The summed E-state index contributed by atoms with van der Waals surface area (Å²) in [4.78, 5) is 0.140. The lowest BCUT2D eigenvalue weighted by Gasteiger charge is -2.28. The number of aliphatic hydroxyl groups is 1. The quantitative estimate of drug-likeness (QED) is 0.873. The van der Waals surface area contributed by atoms with Crippen molar-refractivity contribution in [3.63, 3.8) is 0 Å². The largest absolute Gasteiger partial charge is 0.462 e. The van der Waals surface area contributed by atoms with E-state index in [1.165, 1.54) is 25.3 Å². The standard InChI is InChI=1S/C15H23NO4S/c1-9(14-6-11-3-4-12(14)5-11)16-21(18,19)15-7-13(8-17)20-10(15)2/h7,9,11-12,14,16-17H,3-6,8H2,1-2H3. The Morgan fingerprint density at radius 2 is 2.19 bits per heavy atom. The maximum atomic E-state index is 12.5. The van der Waals surface area contributed by atoms with Crippen LogP contribution < -0.4 is 4.72 Å². The molecule has 118 valence electrons. The molecule has 2 aliphatic rings. The molecule has 1 aromatic rings. The highest BCUT2D eigenvalue weighted by molar-refractivity contribution is 7.89. The molecule has 0 aromatic carbocycles. The SMILES string of the molecule is Cc1oc(CO)cc1S(=O)(=O)NC(C)C1CC2CCC1C2. The van der Waals surface area contributed by atoms with E-state index in [1.54, 1.807) is 6.92 Å². The maximum absolute atomic E-state index is 12.5. The normalized spacial score (nSPS) is 30.0. The predicted molar refractivity (Wildman–Crippen MR) is 78.1 cm³/mol. The minimum absolute atomic E-state index is 0.0582. The van der Waals surface area contributed by atoms with Gasteiger partial charge in [0, 0.05) is 12.1 Å². The topological polar surface area (TPSA) is 79.5 Å². The van der Waals surface area contributed by atoms with Crippen LogP contribution in [0.4, 0.5) is 0 Å². The minimum atomic E-state index is -3.59. The summed E-state index contributed by atoms with van der Waals surface area (Å²) in [6.07, 6.45) is 4.94. The van der Waals surface area contributed by atoms with Gasteiger partial charge < -0.3 is 9.52 Å². The maximum Gasteiger partial charge on any atom is 0.244 e. The van der Waals surface area contributed by atoms with E-state index in [9.17, 15) is 8.42 Å². The summed E-state index contributed by atoms with van der Waals surface area (Å²) in [5.41, 5.74) is 0. The first-order valence-electron chi connectivity index (χ1n) is 7.63. The van der Waals surface area contributed by atoms with Crippen LogP contribution in [-0.2, 0) is 16.6 Å². The summed E-state index contributed by atoms with van der Waals surface area (Å²) in [5.74, 6) is 2.52. The van der Waals surface area contributed by atoms with Gasteiger partial charge in [-0.1, -0.05) is 6.42 Å². The molecule has 0 spiro atoms. The minimum Gasteiger partial charge on any atom is -0.462 e. The van der Waals surface area contributed by atoms with Crippen LogP contribution >= 0.6 is 0 Å². The molecule has 2 N–H and O–H groups in total. The van der Waals surface area contributed by atoms with E-state index >= 15 is 0 Å². The molecule has 2 saturated carbocycles. The fraction of sp³-hybridized carbons (Fsp3) is 0.733. The summed E-state index contributed by atoms with van der Waals surface area (Å²) in [6.45, 7) is 3.28. The third kappa shape index (κ3) is 2.76. The highest BCUT2D eigenvalue weighted by Crippen LogP contribution is 2.49. The van der Waals surface area contributed by atoms with Crippen LogP contribution in [0.25, 0.3) is 0 Å². The first-order valence-corrected chi connectivity index (χ1v) is 9.11. The molecule has 0 amide bonds. The molecule has 1 heterocycles. The molecular formula is C15H23NO4S. The molecule has 21 heavy (non-hydrogen) atoms. The van der Waals surface area contributed by atoms with Crippen LogP contribution in [0, 0.1) is 24.7 Å². The molecular weight excluding hydrogens is 290 g/mol. The van der Waals surface area contributed by atoms with Gasteiger partial charge in [0.15, 0.2) is 0 Å². The molecule has 0 saturated heterocycles. The van der Waals surface area contributed by atoms with E-state index in [-0.39, 0.29) is 23.3 Å². The zero-order valence-corrected chi connectivity index (χ0v) is 13.3. The highest BCUT2D eigenvalue weighted by Gasteiger charge is 2.42. The zero-order valence-electron chi connectivity index (χ0n) is 12.5. The molecule has 0 aliphatic heterocycles. The second kappa shape index (κ2) is 5.41. The van der Waals surface area contributed by atoms with Crippen molar-refractivity contribution in [2.24, 2.45) is 17.8 Å². The van der Waals surface area contributed by atoms with E-state index in [0.29, 0.717) is 17.6 Å². The predicted octanol–water partition coefficient (Wildman–Crippen LogP) is 2.18. The highest BCUT2D eigenvalue weighted by atomic mass is 32.2. The Bertz CT molecular complexity index is 622. The van der Waals surface area contributed by atoms with Gasteiger partial charge in [-0.15, -0.1) is 0 Å². The number of aliphatic hydroxyl groups excluding tert-OH is 1. The Balaban J connectivity index is 1.75. The number of furan rings is 1. The average molecular weight is 313 g/mol. The van der Waals surface area contributed by atoms with Crippen LogP contribution in [-0.4, -0.2) is 19.6 Å². The van der Waals surface area contributed by atoms with Crippen LogP contribution in [0.1, 0.15) is 44.1 Å². The van der Waals surface area contributed by atoms with Gasteiger partial charge in [-0.3, -0.25) is 0 Å². The van der Waals surface area contributed by atoms with Crippen molar-refractivity contribution in [1.82, 2.24) is 4.72 Å². The summed E-state index contributed by atoms with van der Waals surface area (Å²) in [7, 11) is -3.59. The molecule has 2 bridgehead atoms. The van der Waals surface area contributed by atoms with Gasteiger partial charge in [-0.2, -0.15) is 0 Å². The van der Waals surface area contributed by atoms with Crippen LogP contribution in [0.5, 0.6) is 0 Å². The number of hydrogen-bond acceptors (Lipinski definition) is 4.